The van der Waals surface area contributed by atoms with Gasteiger partial charge >= 0.3 is 0 Å². The summed E-state index contributed by atoms with van der Waals surface area (Å²) in [4.78, 5) is 13.9. The van der Waals surface area contributed by atoms with Crippen molar-refractivity contribution in [2.45, 2.75) is 39.8 Å². The van der Waals surface area contributed by atoms with Crippen LogP contribution in [0.2, 0.25) is 0 Å². The van der Waals surface area contributed by atoms with Gasteiger partial charge in [0.05, 0.1) is 30.2 Å². The number of nitrogens with zero attached hydrogens (tertiary/aromatic N) is 3. The minimum absolute atomic E-state index is 0.0781. The van der Waals surface area contributed by atoms with E-state index in [0.717, 1.165) is 41.3 Å². The molecule has 0 saturated carbocycles. The molecule has 6 heteroatoms. The zero-order valence-corrected chi connectivity index (χ0v) is 14.2. The van der Waals surface area contributed by atoms with Crippen molar-refractivity contribution in [1.29, 1.82) is 0 Å². The molecule has 1 amide bonds. The smallest absolute Gasteiger partial charge is 0.227 e. The molecule has 0 aliphatic carbocycles. The van der Waals surface area contributed by atoms with Gasteiger partial charge in [-0.2, -0.15) is 5.10 Å². The molecule has 0 atom stereocenters. The Kier molecular flexibility index (Phi) is 4.85. The quantitative estimate of drug-likeness (QED) is 0.853. The van der Waals surface area contributed by atoms with Crippen molar-refractivity contribution < 1.29 is 9.90 Å². The first-order chi connectivity index (χ1) is 11.6. The van der Waals surface area contributed by atoms with Crippen molar-refractivity contribution in [3.63, 3.8) is 0 Å². The van der Waals surface area contributed by atoms with Crippen LogP contribution in [0.3, 0.4) is 0 Å². The fraction of sp³-hybridized carbons (Fsp3) is 0.444. The Morgan fingerprint density at radius 2 is 2.08 bits per heavy atom. The molecule has 2 aromatic rings. The predicted octanol–water partition coefficient (Wildman–Crippen LogP) is 2.23. The van der Waals surface area contributed by atoms with Crippen LogP contribution in [0, 0.1) is 13.8 Å². The van der Waals surface area contributed by atoms with E-state index in [2.05, 4.69) is 10.4 Å². The minimum atomic E-state index is 0.0781. The number of amides is 1. The number of nitrogens with one attached hydrogen (secondary N) is 1. The van der Waals surface area contributed by atoms with Gasteiger partial charge in [-0.1, -0.05) is 12.1 Å². The molecule has 0 spiro atoms. The molecule has 1 saturated heterocycles. The number of aliphatic hydroxyl groups excluding tert-OH is 1. The third-order valence-corrected chi connectivity index (χ3v) is 4.57. The molecule has 0 radical (unpaired) electrons. The summed E-state index contributed by atoms with van der Waals surface area (Å²) in [6.07, 6.45) is 1.54. The molecule has 1 aliphatic rings. The van der Waals surface area contributed by atoms with Crippen LogP contribution in [0.4, 0.5) is 11.4 Å². The van der Waals surface area contributed by atoms with Crippen LogP contribution < -0.4 is 10.2 Å². The zero-order valence-electron chi connectivity index (χ0n) is 14.2. The number of benzene rings is 1. The minimum Gasteiger partial charge on any atom is -0.394 e. The average Bonchev–Trinajstić information content (AvgIpc) is 3.11. The van der Waals surface area contributed by atoms with Crippen molar-refractivity contribution in [2.24, 2.45) is 0 Å². The van der Waals surface area contributed by atoms with Crippen molar-refractivity contribution in [1.82, 2.24) is 9.78 Å². The van der Waals surface area contributed by atoms with Crippen molar-refractivity contribution in [2.75, 3.05) is 23.4 Å². The molecular formula is C18H24N4O2. The number of anilines is 2. The Morgan fingerprint density at radius 3 is 2.79 bits per heavy atom. The van der Waals surface area contributed by atoms with Crippen molar-refractivity contribution in [3.05, 3.63) is 41.2 Å². The SMILES string of the molecule is Cc1nn(CCO)c(C)c1CNc1ccccc1N1CCCC1=O. The number of aromatic nitrogens is 2. The van der Waals surface area contributed by atoms with E-state index >= 15 is 0 Å². The number of rotatable bonds is 6. The number of hydrogen-bond acceptors (Lipinski definition) is 4. The first kappa shape index (κ1) is 16.5. The Bertz CT molecular complexity index is 739. The van der Waals surface area contributed by atoms with Crippen molar-refractivity contribution in [3.8, 4) is 0 Å². The molecule has 1 fully saturated rings. The van der Waals surface area contributed by atoms with E-state index in [4.69, 9.17) is 5.11 Å². The Balaban J connectivity index is 1.79. The Morgan fingerprint density at radius 1 is 1.29 bits per heavy atom. The van der Waals surface area contributed by atoms with Crippen LogP contribution in [0.1, 0.15) is 29.8 Å². The standard InChI is InChI=1S/C18H24N4O2/c1-13-15(14(2)22(20-13)10-11-23)12-19-16-6-3-4-7-17(16)21-9-5-8-18(21)24/h3-4,6-7,19,23H,5,8-12H2,1-2H3. The molecule has 2 heterocycles. The van der Waals surface area contributed by atoms with Crippen molar-refractivity contribution >= 4 is 17.3 Å². The van der Waals surface area contributed by atoms with E-state index in [-0.39, 0.29) is 12.5 Å². The van der Waals surface area contributed by atoms with Crippen LogP contribution >= 0.6 is 0 Å². The Hall–Kier alpha value is -2.34. The molecule has 0 unspecified atom stereocenters. The monoisotopic (exact) mass is 328 g/mol. The molecule has 0 bridgehead atoms. The first-order valence-electron chi connectivity index (χ1n) is 8.39. The second-order valence-electron chi connectivity index (χ2n) is 6.12. The van der Waals surface area contributed by atoms with E-state index in [1.54, 1.807) is 0 Å². The van der Waals surface area contributed by atoms with Crippen LogP contribution in [0.25, 0.3) is 0 Å². The highest BCUT2D eigenvalue weighted by Gasteiger charge is 2.23. The van der Waals surface area contributed by atoms with E-state index < -0.39 is 0 Å². The lowest BCUT2D eigenvalue weighted by atomic mass is 10.2. The Labute approximate surface area is 142 Å². The van der Waals surface area contributed by atoms with E-state index in [0.29, 0.717) is 19.5 Å². The summed E-state index contributed by atoms with van der Waals surface area (Å²) >= 11 is 0. The van der Waals surface area contributed by atoms with Gasteiger partial charge < -0.3 is 15.3 Å². The van der Waals surface area contributed by atoms with Crippen LogP contribution in [-0.2, 0) is 17.9 Å². The molecule has 6 nitrogen and oxygen atoms in total. The van der Waals surface area contributed by atoms with E-state index in [9.17, 15) is 4.79 Å². The van der Waals surface area contributed by atoms with Crippen LogP contribution in [0.5, 0.6) is 0 Å². The highest BCUT2D eigenvalue weighted by molar-refractivity contribution is 5.98. The summed E-state index contributed by atoms with van der Waals surface area (Å²) < 4.78 is 1.84. The van der Waals surface area contributed by atoms with Gasteiger partial charge in [0.2, 0.25) is 5.91 Å². The van der Waals surface area contributed by atoms with Gasteiger partial charge in [0, 0.05) is 30.8 Å². The normalized spacial score (nSPS) is 14.5. The highest BCUT2D eigenvalue weighted by Crippen LogP contribution is 2.30. The molecule has 1 aliphatic heterocycles. The molecule has 1 aromatic carbocycles. The highest BCUT2D eigenvalue weighted by atomic mass is 16.3. The van der Waals surface area contributed by atoms with Gasteiger partial charge in [-0.3, -0.25) is 9.48 Å². The van der Waals surface area contributed by atoms with Gasteiger partial charge in [-0.05, 0) is 32.4 Å². The maximum absolute atomic E-state index is 12.0. The van der Waals surface area contributed by atoms with Gasteiger partial charge in [0.25, 0.3) is 0 Å². The lowest BCUT2D eigenvalue weighted by Crippen LogP contribution is -2.24. The summed E-state index contributed by atoms with van der Waals surface area (Å²) in [6, 6.07) is 7.92. The summed E-state index contributed by atoms with van der Waals surface area (Å²) in [5.74, 6) is 0.187. The maximum Gasteiger partial charge on any atom is 0.227 e. The lowest BCUT2D eigenvalue weighted by Gasteiger charge is -2.20. The van der Waals surface area contributed by atoms with E-state index in [1.807, 2.05) is 47.7 Å². The largest absolute Gasteiger partial charge is 0.394 e. The van der Waals surface area contributed by atoms with Gasteiger partial charge in [-0.25, -0.2) is 0 Å². The fourth-order valence-corrected chi connectivity index (χ4v) is 3.25. The maximum atomic E-state index is 12.0. The number of carbonyl (C=O) groups excluding carboxylic acids is 1. The average molecular weight is 328 g/mol. The van der Waals surface area contributed by atoms with Gasteiger partial charge in [0.15, 0.2) is 0 Å². The first-order valence-corrected chi connectivity index (χ1v) is 8.39. The molecular weight excluding hydrogens is 304 g/mol. The van der Waals surface area contributed by atoms with Gasteiger partial charge in [-0.15, -0.1) is 0 Å². The van der Waals surface area contributed by atoms with Crippen LogP contribution in [0.15, 0.2) is 24.3 Å². The second kappa shape index (κ2) is 7.05. The summed E-state index contributed by atoms with van der Waals surface area (Å²) in [7, 11) is 0. The number of carbonyl (C=O) groups is 1. The molecule has 1 aromatic heterocycles. The summed E-state index contributed by atoms with van der Waals surface area (Å²) in [6.45, 7) is 6.00. The number of para-hydroxylation sites is 2. The van der Waals surface area contributed by atoms with Crippen LogP contribution in [-0.4, -0.2) is 33.9 Å². The summed E-state index contributed by atoms with van der Waals surface area (Å²) in [5, 5.41) is 17.1. The third kappa shape index (κ3) is 3.14. The second-order valence-corrected chi connectivity index (χ2v) is 6.12. The molecule has 128 valence electrons. The summed E-state index contributed by atoms with van der Waals surface area (Å²) in [5.41, 5.74) is 5.05. The molecule has 24 heavy (non-hydrogen) atoms. The fourth-order valence-electron chi connectivity index (χ4n) is 3.25. The topological polar surface area (TPSA) is 70.4 Å². The van der Waals surface area contributed by atoms with Gasteiger partial charge in [0.1, 0.15) is 0 Å². The number of aliphatic hydroxyl groups is 1. The third-order valence-electron chi connectivity index (χ3n) is 4.57. The number of hydrogen-bond donors (Lipinski definition) is 2. The predicted molar refractivity (Wildman–Crippen MR) is 94.1 cm³/mol. The van der Waals surface area contributed by atoms with E-state index in [1.165, 1.54) is 0 Å². The molecule has 3 rings (SSSR count). The number of aryl methyl sites for hydroxylation is 1. The lowest BCUT2D eigenvalue weighted by molar-refractivity contribution is -0.117. The zero-order chi connectivity index (χ0) is 17.1. The molecule has 2 N–H and O–H groups in total.